The van der Waals surface area contributed by atoms with Crippen molar-refractivity contribution in [1.82, 2.24) is 0 Å². The minimum atomic E-state index is 0.00516. The van der Waals surface area contributed by atoms with Crippen molar-refractivity contribution in [3.05, 3.63) is 59.7 Å². The first-order valence-electron chi connectivity index (χ1n) is 5.25. The second-order valence-electron chi connectivity index (χ2n) is 3.56. The molecule has 0 unspecified atom stereocenters. The molecular formula is C14H12O3. The van der Waals surface area contributed by atoms with Gasteiger partial charge in [-0.1, -0.05) is 24.3 Å². The largest absolute Gasteiger partial charge is 0.457 e. The summed E-state index contributed by atoms with van der Waals surface area (Å²) in [5, 5.41) is 8.91. The molecule has 0 aliphatic rings. The van der Waals surface area contributed by atoms with Crippen molar-refractivity contribution in [3.63, 3.8) is 0 Å². The number of aliphatic hydroxyl groups is 1. The van der Waals surface area contributed by atoms with E-state index in [0.29, 0.717) is 17.1 Å². The summed E-state index contributed by atoms with van der Waals surface area (Å²) in [6.07, 6.45) is 0.761. The van der Waals surface area contributed by atoms with Crippen LogP contribution in [0.15, 0.2) is 48.5 Å². The standard InChI is InChI=1S/C14H12O3/c15-9-11-5-7-13(8-6-11)17-14-4-2-1-3-12(14)10-16/h1-8,10,15H,9H2. The Hall–Kier alpha value is -2.13. The van der Waals surface area contributed by atoms with E-state index in [0.717, 1.165) is 11.8 Å². The van der Waals surface area contributed by atoms with Crippen LogP contribution in [0.2, 0.25) is 0 Å². The lowest BCUT2D eigenvalue weighted by Gasteiger charge is -2.07. The first kappa shape index (κ1) is 11.4. The van der Waals surface area contributed by atoms with Gasteiger partial charge in [0.1, 0.15) is 11.5 Å². The summed E-state index contributed by atoms with van der Waals surface area (Å²) in [4.78, 5) is 10.8. The molecule has 0 saturated heterocycles. The summed E-state index contributed by atoms with van der Waals surface area (Å²) < 4.78 is 5.59. The molecule has 0 aliphatic heterocycles. The van der Waals surface area contributed by atoms with E-state index in [-0.39, 0.29) is 6.61 Å². The number of para-hydroxylation sites is 1. The van der Waals surface area contributed by atoms with Crippen LogP contribution in [0.5, 0.6) is 11.5 Å². The van der Waals surface area contributed by atoms with E-state index in [1.165, 1.54) is 0 Å². The smallest absolute Gasteiger partial charge is 0.153 e. The van der Waals surface area contributed by atoms with Gasteiger partial charge in [-0.15, -0.1) is 0 Å². The fourth-order valence-electron chi connectivity index (χ4n) is 1.46. The van der Waals surface area contributed by atoms with Gasteiger partial charge in [0, 0.05) is 0 Å². The molecule has 0 saturated carbocycles. The van der Waals surface area contributed by atoms with Crippen LogP contribution in [0.1, 0.15) is 15.9 Å². The molecule has 1 N–H and O–H groups in total. The second-order valence-corrected chi connectivity index (χ2v) is 3.56. The van der Waals surface area contributed by atoms with E-state index < -0.39 is 0 Å². The van der Waals surface area contributed by atoms with Gasteiger partial charge in [-0.05, 0) is 29.8 Å². The van der Waals surface area contributed by atoms with Gasteiger partial charge in [-0.25, -0.2) is 0 Å². The zero-order valence-electron chi connectivity index (χ0n) is 9.17. The molecule has 0 amide bonds. The molecule has 17 heavy (non-hydrogen) atoms. The normalized spacial score (nSPS) is 9.94. The highest BCUT2D eigenvalue weighted by molar-refractivity contribution is 5.79. The Kier molecular flexibility index (Phi) is 3.52. The van der Waals surface area contributed by atoms with Crippen LogP contribution in [-0.4, -0.2) is 11.4 Å². The molecule has 2 rings (SSSR count). The van der Waals surface area contributed by atoms with Crippen LogP contribution in [0, 0.1) is 0 Å². The van der Waals surface area contributed by atoms with Gasteiger partial charge in [0.15, 0.2) is 6.29 Å². The number of hydrogen-bond donors (Lipinski definition) is 1. The summed E-state index contributed by atoms with van der Waals surface area (Å²) in [5.41, 5.74) is 1.33. The highest BCUT2D eigenvalue weighted by atomic mass is 16.5. The van der Waals surface area contributed by atoms with Gasteiger partial charge >= 0.3 is 0 Å². The number of hydrogen-bond acceptors (Lipinski definition) is 3. The first-order chi connectivity index (χ1) is 8.33. The lowest BCUT2D eigenvalue weighted by molar-refractivity contribution is 0.112. The summed E-state index contributed by atoms with van der Waals surface area (Å²) in [5.74, 6) is 1.16. The first-order valence-corrected chi connectivity index (χ1v) is 5.25. The lowest BCUT2D eigenvalue weighted by atomic mass is 10.2. The highest BCUT2D eigenvalue weighted by Crippen LogP contribution is 2.24. The van der Waals surface area contributed by atoms with Gasteiger partial charge < -0.3 is 9.84 Å². The molecule has 2 aromatic carbocycles. The van der Waals surface area contributed by atoms with E-state index in [9.17, 15) is 4.79 Å². The molecule has 0 bridgehead atoms. The van der Waals surface area contributed by atoms with Crippen LogP contribution in [0.25, 0.3) is 0 Å². The Balaban J connectivity index is 2.22. The van der Waals surface area contributed by atoms with E-state index in [2.05, 4.69) is 0 Å². The summed E-state index contributed by atoms with van der Waals surface area (Å²) >= 11 is 0. The number of carbonyl (C=O) groups excluding carboxylic acids is 1. The van der Waals surface area contributed by atoms with Crippen molar-refractivity contribution >= 4 is 6.29 Å². The minimum Gasteiger partial charge on any atom is -0.457 e. The number of aliphatic hydroxyl groups excluding tert-OH is 1. The SMILES string of the molecule is O=Cc1ccccc1Oc1ccc(CO)cc1. The Bertz CT molecular complexity index is 503. The van der Waals surface area contributed by atoms with Crippen LogP contribution < -0.4 is 4.74 Å². The average molecular weight is 228 g/mol. The molecule has 0 atom stereocenters. The van der Waals surface area contributed by atoms with Crippen molar-refractivity contribution in [3.8, 4) is 11.5 Å². The summed E-state index contributed by atoms with van der Waals surface area (Å²) in [7, 11) is 0. The summed E-state index contributed by atoms with van der Waals surface area (Å²) in [6.45, 7) is 0.00516. The van der Waals surface area contributed by atoms with Gasteiger partial charge in [-0.3, -0.25) is 4.79 Å². The van der Waals surface area contributed by atoms with Crippen LogP contribution in [0.3, 0.4) is 0 Å². The number of rotatable bonds is 4. The maximum absolute atomic E-state index is 10.8. The molecular weight excluding hydrogens is 216 g/mol. The monoisotopic (exact) mass is 228 g/mol. The summed E-state index contributed by atoms with van der Waals surface area (Å²) in [6, 6.07) is 14.1. The molecule has 0 aromatic heterocycles. The van der Waals surface area contributed by atoms with Crippen LogP contribution >= 0.6 is 0 Å². The Labute approximate surface area is 99.3 Å². The molecule has 2 aromatic rings. The maximum Gasteiger partial charge on any atom is 0.153 e. The predicted octanol–water partition coefficient (Wildman–Crippen LogP) is 2.78. The third-order valence-electron chi connectivity index (χ3n) is 2.38. The fraction of sp³-hybridized carbons (Fsp3) is 0.0714. The maximum atomic E-state index is 10.8. The number of ether oxygens (including phenoxy) is 1. The van der Waals surface area contributed by atoms with E-state index >= 15 is 0 Å². The molecule has 0 heterocycles. The molecule has 0 aliphatic carbocycles. The number of aldehydes is 1. The van der Waals surface area contributed by atoms with Gasteiger partial charge in [-0.2, -0.15) is 0 Å². The van der Waals surface area contributed by atoms with E-state index in [4.69, 9.17) is 9.84 Å². The van der Waals surface area contributed by atoms with Gasteiger partial charge in [0.2, 0.25) is 0 Å². The lowest BCUT2D eigenvalue weighted by Crippen LogP contribution is -1.90. The minimum absolute atomic E-state index is 0.00516. The Morgan fingerprint density at radius 3 is 2.41 bits per heavy atom. The van der Waals surface area contributed by atoms with E-state index in [1.54, 1.807) is 42.5 Å². The van der Waals surface area contributed by atoms with Crippen molar-refractivity contribution in [2.45, 2.75) is 6.61 Å². The molecule has 3 heteroatoms. The highest BCUT2D eigenvalue weighted by Gasteiger charge is 2.02. The Morgan fingerprint density at radius 1 is 1.06 bits per heavy atom. The van der Waals surface area contributed by atoms with Crippen molar-refractivity contribution in [2.24, 2.45) is 0 Å². The van der Waals surface area contributed by atoms with E-state index in [1.807, 2.05) is 6.07 Å². The fourth-order valence-corrected chi connectivity index (χ4v) is 1.46. The van der Waals surface area contributed by atoms with Gasteiger partial charge in [0.25, 0.3) is 0 Å². The van der Waals surface area contributed by atoms with Crippen molar-refractivity contribution in [1.29, 1.82) is 0 Å². The molecule has 0 spiro atoms. The average Bonchev–Trinajstić information content (AvgIpc) is 2.40. The zero-order chi connectivity index (χ0) is 12.1. The molecule has 0 fully saturated rings. The quantitative estimate of drug-likeness (QED) is 0.818. The van der Waals surface area contributed by atoms with Gasteiger partial charge in [0.05, 0.1) is 12.2 Å². The number of carbonyl (C=O) groups is 1. The van der Waals surface area contributed by atoms with Crippen molar-refractivity contribution < 1.29 is 14.6 Å². The third kappa shape index (κ3) is 2.71. The van der Waals surface area contributed by atoms with Crippen molar-refractivity contribution in [2.75, 3.05) is 0 Å². The van der Waals surface area contributed by atoms with Crippen LogP contribution in [0.4, 0.5) is 0 Å². The molecule has 0 radical (unpaired) electrons. The zero-order valence-corrected chi connectivity index (χ0v) is 9.17. The van der Waals surface area contributed by atoms with Crippen LogP contribution in [-0.2, 0) is 6.61 Å². The Morgan fingerprint density at radius 2 is 1.76 bits per heavy atom. The predicted molar refractivity (Wildman–Crippen MR) is 64.3 cm³/mol. The molecule has 86 valence electrons. The number of benzene rings is 2. The second kappa shape index (κ2) is 5.27. The third-order valence-corrected chi connectivity index (χ3v) is 2.38. The topological polar surface area (TPSA) is 46.5 Å². The molecule has 3 nitrogen and oxygen atoms in total.